The van der Waals surface area contributed by atoms with Gasteiger partial charge in [0.05, 0.1) is 11.1 Å². The summed E-state index contributed by atoms with van der Waals surface area (Å²) in [5.41, 5.74) is 0.986. The Morgan fingerprint density at radius 3 is 1.79 bits per heavy atom. The van der Waals surface area contributed by atoms with Crippen molar-refractivity contribution >= 4 is 17.7 Å². The Labute approximate surface area is 198 Å². The molecule has 2 saturated carbocycles. The maximum Gasteiger partial charge on any atom is 0.261 e. The van der Waals surface area contributed by atoms with Crippen molar-refractivity contribution < 1.29 is 14.4 Å². The van der Waals surface area contributed by atoms with Crippen LogP contribution < -0.4 is 5.32 Å². The highest BCUT2D eigenvalue weighted by Gasteiger charge is 2.40. The van der Waals surface area contributed by atoms with E-state index in [2.05, 4.69) is 5.32 Å². The lowest BCUT2D eigenvalue weighted by molar-refractivity contribution is -0.128. The van der Waals surface area contributed by atoms with Crippen LogP contribution in [0.5, 0.6) is 0 Å². The molecule has 0 radical (unpaired) electrons. The third-order valence-electron chi connectivity index (χ3n) is 7.99. The van der Waals surface area contributed by atoms with Gasteiger partial charge in [-0.1, -0.05) is 82.8 Å². The van der Waals surface area contributed by atoms with Gasteiger partial charge in [0.25, 0.3) is 11.8 Å². The second-order valence-electron chi connectivity index (χ2n) is 10.4. The average Bonchev–Trinajstić information content (AvgIpc) is 3.06. The first-order valence-corrected chi connectivity index (χ1v) is 13.4. The van der Waals surface area contributed by atoms with E-state index < -0.39 is 0 Å². The molecule has 2 atom stereocenters. The highest BCUT2D eigenvalue weighted by molar-refractivity contribution is 6.21. The molecule has 3 amide bonds. The molecule has 1 heterocycles. The molecule has 2 unspecified atom stereocenters. The third-order valence-corrected chi connectivity index (χ3v) is 7.99. The van der Waals surface area contributed by atoms with E-state index >= 15 is 0 Å². The van der Waals surface area contributed by atoms with Gasteiger partial charge in [-0.3, -0.25) is 19.3 Å². The molecule has 0 saturated heterocycles. The molecule has 1 aliphatic heterocycles. The lowest BCUT2D eigenvalue weighted by Crippen LogP contribution is -2.46. The minimum atomic E-state index is -0.209. The van der Waals surface area contributed by atoms with Gasteiger partial charge in [-0.05, 0) is 43.7 Å². The first-order valence-electron chi connectivity index (χ1n) is 13.4. The Kier molecular flexibility index (Phi) is 8.57. The van der Waals surface area contributed by atoms with Crippen LogP contribution in [-0.2, 0) is 4.79 Å². The number of amides is 3. The van der Waals surface area contributed by atoms with Crippen LogP contribution in [0.2, 0.25) is 0 Å². The number of benzene rings is 1. The van der Waals surface area contributed by atoms with Crippen LogP contribution in [0.15, 0.2) is 24.3 Å². The van der Waals surface area contributed by atoms with Crippen LogP contribution in [0.3, 0.4) is 0 Å². The van der Waals surface area contributed by atoms with Crippen LogP contribution in [0, 0.1) is 11.8 Å². The number of hydrogen-bond acceptors (Lipinski definition) is 3. The molecule has 33 heavy (non-hydrogen) atoms. The number of imide groups is 1. The van der Waals surface area contributed by atoms with Crippen LogP contribution in [0.4, 0.5) is 0 Å². The molecule has 5 heteroatoms. The summed E-state index contributed by atoms with van der Waals surface area (Å²) >= 11 is 0. The predicted molar refractivity (Wildman–Crippen MR) is 130 cm³/mol. The van der Waals surface area contributed by atoms with Crippen molar-refractivity contribution in [2.24, 2.45) is 11.8 Å². The number of carbonyl (C=O) groups excluding carboxylic acids is 3. The third kappa shape index (κ3) is 6.04. The Morgan fingerprint density at radius 1 is 0.727 bits per heavy atom. The smallest absolute Gasteiger partial charge is 0.261 e. The summed E-state index contributed by atoms with van der Waals surface area (Å²) in [7, 11) is 0. The fourth-order valence-electron chi connectivity index (χ4n) is 6.03. The summed E-state index contributed by atoms with van der Waals surface area (Å²) in [6.45, 7) is 0.356. The highest BCUT2D eigenvalue weighted by Crippen LogP contribution is 2.33. The number of hydrogen-bond donors (Lipinski definition) is 1. The Morgan fingerprint density at radius 2 is 1.21 bits per heavy atom. The second-order valence-corrected chi connectivity index (χ2v) is 10.4. The zero-order valence-corrected chi connectivity index (χ0v) is 20.0. The van der Waals surface area contributed by atoms with Gasteiger partial charge in [-0.2, -0.15) is 0 Å². The summed E-state index contributed by atoms with van der Waals surface area (Å²) in [4.78, 5) is 40.5. The van der Waals surface area contributed by atoms with Gasteiger partial charge >= 0.3 is 0 Å². The number of fused-ring (bicyclic) bond motifs is 1. The van der Waals surface area contributed by atoms with Gasteiger partial charge in [-0.25, -0.2) is 0 Å². The molecule has 5 nitrogen and oxygen atoms in total. The molecular weight excluding hydrogens is 412 g/mol. The SMILES string of the molecule is O=C(NC1CCCCCCCCCCC1)C1CCCCC1CN1C(=O)c2ccccc2C1=O. The fourth-order valence-corrected chi connectivity index (χ4v) is 6.03. The lowest BCUT2D eigenvalue weighted by Gasteiger charge is -2.34. The van der Waals surface area contributed by atoms with Gasteiger partial charge in [0, 0.05) is 18.5 Å². The van der Waals surface area contributed by atoms with Gasteiger partial charge in [-0.15, -0.1) is 0 Å². The molecule has 4 rings (SSSR count). The molecule has 0 spiro atoms. The van der Waals surface area contributed by atoms with Crippen LogP contribution in [0.1, 0.15) is 117 Å². The maximum absolute atomic E-state index is 13.4. The molecular formula is C28H40N2O3. The molecule has 180 valence electrons. The van der Waals surface area contributed by atoms with Crippen LogP contribution in [-0.4, -0.2) is 35.2 Å². The van der Waals surface area contributed by atoms with Crippen molar-refractivity contribution in [1.82, 2.24) is 10.2 Å². The Balaban J connectivity index is 1.37. The molecule has 1 N–H and O–H groups in total. The largest absolute Gasteiger partial charge is 0.353 e. The van der Waals surface area contributed by atoms with E-state index in [0.29, 0.717) is 17.7 Å². The summed E-state index contributed by atoms with van der Waals surface area (Å²) in [6, 6.07) is 7.31. The van der Waals surface area contributed by atoms with E-state index in [1.54, 1.807) is 24.3 Å². The summed E-state index contributed by atoms with van der Waals surface area (Å²) in [6.07, 6.45) is 17.6. The number of carbonyl (C=O) groups is 3. The van der Waals surface area contributed by atoms with E-state index in [0.717, 1.165) is 38.5 Å². The molecule has 0 aromatic heterocycles. The molecule has 0 bridgehead atoms. The van der Waals surface area contributed by atoms with E-state index in [-0.39, 0.29) is 35.6 Å². The molecule has 2 aliphatic carbocycles. The van der Waals surface area contributed by atoms with E-state index in [4.69, 9.17) is 0 Å². The number of nitrogens with zero attached hydrogens (tertiary/aromatic N) is 1. The van der Waals surface area contributed by atoms with Crippen molar-refractivity contribution in [3.8, 4) is 0 Å². The normalized spacial score (nSPS) is 25.8. The molecule has 2 fully saturated rings. The minimum Gasteiger partial charge on any atom is -0.353 e. The average molecular weight is 453 g/mol. The summed E-state index contributed by atoms with van der Waals surface area (Å²) in [5.74, 6) is -0.329. The quantitative estimate of drug-likeness (QED) is 0.580. The lowest BCUT2D eigenvalue weighted by atomic mass is 9.78. The summed E-state index contributed by atoms with van der Waals surface area (Å²) in [5, 5.41) is 3.41. The van der Waals surface area contributed by atoms with Crippen LogP contribution >= 0.6 is 0 Å². The van der Waals surface area contributed by atoms with Crippen molar-refractivity contribution in [1.29, 1.82) is 0 Å². The highest BCUT2D eigenvalue weighted by atomic mass is 16.2. The van der Waals surface area contributed by atoms with Gasteiger partial charge in [0.1, 0.15) is 0 Å². The molecule has 3 aliphatic rings. The molecule has 1 aromatic rings. The van der Waals surface area contributed by atoms with Crippen molar-refractivity contribution in [3.63, 3.8) is 0 Å². The monoisotopic (exact) mass is 452 g/mol. The van der Waals surface area contributed by atoms with E-state index in [9.17, 15) is 14.4 Å². The van der Waals surface area contributed by atoms with E-state index in [1.807, 2.05) is 0 Å². The van der Waals surface area contributed by atoms with Gasteiger partial charge in [0.15, 0.2) is 0 Å². The fraction of sp³-hybridized carbons (Fsp3) is 0.679. The predicted octanol–water partition coefficient (Wildman–Crippen LogP) is 5.88. The van der Waals surface area contributed by atoms with Crippen molar-refractivity contribution in [2.45, 2.75) is 102 Å². The Bertz CT molecular complexity index is 789. The van der Waals surface area contributed by atoms with E-state index in [1.165, 1.54) is 62.7 Å². The maximum atomic E-state index is 13.4. The van der Waals surface area contributed by atoms with Crippen molar-refractivity contribution in [2.75, 3.05) is 6.54 Å². The number of rotatable bonds is 4. The second kappa shape index (κ2) is 11.8. The first-order chi connectivity index (χ1) is 16.1. The summed E-state index contributed by atoms with van der Waals surface area (Å²) < 4.78 is 0. The van der Waals surface area contributed by atoms with Crippen LogP contribution in [0.25, 0.3) is 0 Å². The van der Waals surface area contributed by atoms with Crippen molar-refractivity contribution in [3.05, 3.63) is 35.4 Å². The van der Waals surface area contributed by atoms with Gasteiger partial charge < -0.3 is 5.32 Å². The van der Waals surface area contributed by atoms with Gasteiger partial charge in [0.2, 0.25) is 5.91 Å². The zero-order valence-electron chi connectivity index (χ0n) is 20.0. The number of nitrogens with one attached hydrogen (secondary N) is 1. The molecule has 1 aromatic carbocycles. The topological polar surface area (TPSA) is 66.5 Å². The first kappa shape index (κ1) is 24.0. The standard InChI is InChI=1S/C28H40N2O3/c31-26(29-22-15-8-6-4-2-1-3-5-7-9-16-22)23-17-11-10-14-21(23)20-30-27(32)24-18-12-13-19-25(24)28(30)33/h12-13,18-19,21-23H,1-11,14-17,20H2,(H,29,31). The zero-order chi connectivity index (χ0) is 23.0. The minimum absolute atomic E-state index is 0.0483. The Hall–Kier alpha value is -2.17.